The van der Waals surface area contributed by atoms with Crippen LogP contribution in [0.3, 0.4) is 0 Å². The summed E-state index contributed by atoms with van der Waals surface area (Å²) in [5.74, 6) is 0. The minimum atomic E-state index is -1.15. The molecule has 0 aliphatic heterocycles. The predicted molar refractivity (Wildman–Crippen MR) is 65.7 cm³/mol. The van der Waals surface area contributed by atoms with Crippen molar-refractivity contribution in [1.82, 2.24) is 4.98 Å². The molecule has 18 heavy (non-hydrogen) atoms. The van der Waals surface area contributed by atoms with Crippen LogP contribution >= 0.6 is 0 Å². The minimum absolute atomic E-state index is 0.0321. The molecule has 1 unspecified atom stereocenters. The van der Waals surface area contributed by atoms with E-state index in [9.17, 15) is 9.90 Å². The summed E-state index contributed by atoms with van der Waals surface area (Å²) in [7, 11) is 0. The quantitative estimate of drug-likeness (QED) is 0.867. The SMILES string of the molecule is CC(CCO)N(C(=O)O)c1nc2ccccc2o1. The van der Waals surface area contributed by atoms with Crippen molar-refractivity contribution in [2.75, 3.05) is 11.5 Å². The molecule has 1 aromatic carbocycles. The summed E-state index contributed by atoms with van der Waals surface area (Å²) in [4.78, 5) is 16.4. The van der Waals surface area contributed by atoms with Crippen LogP contribution in [0, 0.1) is 0 Å². The van der Waals surface area contributed by atoms with Crippen molar-refractivity contribution in [3.05, 3.63) is 24.3 Å². The molecule has 0 saturated carbocycles. The molecular weight excluding hydrogens is 236 g/mol. The number of carboxylic acid groups (broad SMARTS) is 1. The lowest BCUT2D eigenvalue weighted by Crippen LogP contribution is -2.38. The van der Waals surface area contributed by atoms with Crippen LogP contribution < -0.4 is 4.90 Å². The van der Waals surface area contributed by atoms with E-state index in [1.165, 1.54) is 0 Å². The second-order valence-corrected chi connectivity index (χ2v) is 3.98. The highest BCUT2D eigenvalue weighted by Gasteiger charge is 2.25. The number of amides is 1. The molecule has 0 spiro atoms. The van der Waals surface area contributed by atoms with Gasteiger partial charge < -0.3 is 14.6 Å². The van der Waals surface area contributed by atoms with Gasteiger partial charge in [0.25, 0.3) is 0 Å². The normalized spacial score (nSPS) is 12.6. The van der Waals surface area contributed by atoms with Gasteiger partial charge in [-0.2, -0.15) is 4.98 Å². The first-order chi connectivity index (χ1) is 8.63. The van der Waals surface area contributed by atoms with Crippen molar-refractivity contribution in [3.63, 3.8) is 0 Å². The van der Waals surface area contributed by atoms with Gasteiger partial charge in [0.05, 0.1) is 0 Å². The molecule has 1 amide bonds. The molecular formula is C12H14N2O4. The summed E-state index contributed by atoms with van der Waals surface area (Å²) in [6.07, 6.45) is -0.826. The van der Waals surface area contributed by atoms with Crippen molar-refractivity contribution in [2.45, 2.75) is 19.4 Å². The van der Waals surface area contributed by atoms with Gasteiger partial charge in [-0.15, -0.1) is 0 Å². The lowest BCUT2D eigenvalue weighted by Gasteiger charge is -2.21. The molecule has 0 aliphatic carbocycles. The Hall–Kier alpha value is -2.08. The molecule has 0 saturated heterocycles. The minimum Gasteiger partial charge on any atom is -0.465 e. The fourth-order valence-electron chi connectivity index (χ4n) is 1.74. The number of aliphatic hydroxyl groups is 1. The fourth-order valence-corrected chi connectivity index (χ4v) is 1.74. The first kappa shape index (κ1) is 12.4. The highest BCUT2D eigenvalue weighted by molar-refractivity contribution is 5.86. The van der Waals surface area contributed by atoms with Gasteiger partial charge in [-0.3, -0.25) is 0 Å². The molecule has 1 aromatic heterocycles. The van der Waals surface area contributed by atoms with Crippen LogP contribution in [0.1, 0.15) is 13.3 Å². The van der Waals surface area contributed by atoms with Crippen molar-refractivity contribution >= 4 is 23.2 Å². The first-order valence-electron chi connectivity index (χ1n) is 5.62. The van der Waals surface area contributed by atoms with Gasteiger partial charge in [-0.05, 0) is 25.5 Å². The van der Waals surface area contributed by atoms with Gasteiger partial charge in [0.1, 0.15) is 5.52 Å². The Bertz CT molecular complexity index is 519. The van der Waals surface area contributed by atoms with Crippen LogP contribution in [0.15, 0.2) is 28.7 Å². The average Bonchev–Trinajstić information content (AvgIpc) is 2.71. The van der Waals surface area contributed by atoms with Crippen molar-refractivity contribution < 1.29 is 19.4 Å². The van der Waals surface area contributed by atoms with Crippen LogP contribution in [0.25, 0.3) is 11.1 Å². The average molecular weight is 250 g/mol. The number of anilines is 1. The van der Waals surface area contributed by atoms with E-state index in [0.29, 0.717) is 17.5 Å². The number of carbonyl (C=O) groups is 1. The number of benzene rings is 1. The molecule has 0 radical (unpaired) electrons. The molecule has 2 rings (SSSR count). The number of oxazole rings is 1. The second kappa shape index (κ2) is 5.05. The van der Waals surface area contributed by atoms with E-state index in [1.54, 1.807) is 31.2 Å². The van der Waals surface area contributed by atoms with Crippen molar-refractivity contribution in [3.8, 4) is 0 Å². The Morgan fingerprint density at radius 3 is 2.83 bits per heavy atom. The second-order valence-electron chi connectivity index (χ2n) is 3.98. The molecule has 6 nitrogen and oxygen atoms in total. The Morgan fingerprint density at radius 1 is 1.50 bits per heavy atom. The number of aromatic nitrogens is 1. The number of para-hydroxylation sites is 2. The zero-order valence-electron chi connectivity index (χ0n) is 9.91. The maximum Gasteiger partial charge on any atom is 0.415 e. The number of hydrogen-bond acceptors (Lipinski definition) is 4. The number of rotatable bonds is 4. The Labute approximate surface area is 103 Å². The monoisotopic (exact) mass is 250 g/mol. The molecule has 6 heteroatoms. The summed E-state index contributed by atoms with van der Waals surface area (Å²) in [5, 5.41) is 18.1. The van der Waals surface area contributed by atoms with Gasteiger partial charge in [0.15, 0.2) is 5.58 Å². The van der Waals surface area contributed by atoms with Gasteiger partial charge in [0.2, 0.25) is 0 Å². The third kappa shape index (κ3) is 2.28. The largest absolute Gasteiger partial charge is 0.465 e. The van der Waals surface area contributed by atoms with Crippen molar-refractivity contribution in [1.29, 1.82) is 0 Å². The third-order valence-electron chi connectivity index (χ3n) is 2.68. The molecule has 1 atom stereocenters. The van der Waals surface area contributed by atoms with E-state index < -0.39 is 12.1 Å². The Kier molecular flexibility index (Phi) is 3.47. The summed E-state index contributed by atoms with van der Waals surface area (Å²) >= 11 is 0. The van der Waals surface area contributed by atoms with Gasteiger partial charge in [-0.25, -0.2) is 9.69 Å². The number of fused-ring (bicyclic) bond motifs is 1. The molecule has 0 aliphatic rings. The molecule has 0 fully saturated rings. The molecule has 96 valence electrons. The van der Waals surface area contributed by atoms with Crippen LogP contribution in [0.5, 0.6) is 0 Å². The van der Waals surface area contributed by atoms with Crippen LogP contribution in [-0.2, 0) is 0 Å². The summed E-state index contributed by atoms with van der Waals surface area (Å²) < 4.78 is 5.41. The molecule has 2 N–H and O–H groups in total. The summed E-state index contributed by atoms with van der Waals surface area (Å²) in [6.45, 7) is 1.60. The maximum atomic E-state index is 11.2. The van der Waals surface area contributed by atoms with Crippen molar-refractivity contribution in [2.24, 2.45) is 0 Å². The van der Waals surface area contributed by atoms with E-state index in [1.807, 2.05) is 0 Å². The number of hydrogen-bond donors (Lipinski definition) is 2. The first-order valence-corrected chi connectivity index (χ1v) is 5.62. The van der Waals surface area contributed by atoms with Gasteiger partial charge in [0, 0.05) is 12.6 Å². The van der Waals surface area contributed by atoms with Crippen LogP contribution in [0.4, 0.5) is 10.8 Å². The Morgan fingerprint density at radius 2 is 2.22 bits per heavy atom. The summed E-state index contributed by atoms with van der Waals surface area (Å²) in [5.41, 5.74) is 1.14. The standard InChI is InChI=1S/C12H14N2O4/c1-8(6-7-15)14(12(16)17)11-13-9-4-2-3-5-10(9)18-11/h2-5,8,15H,6-7H2,1H3,(H,16,17). The number of nitrogens with zero attached hydrogens (tertiary/aromatic N) is 2. The zero-order valence-corrected chi connectivity index (χ0v) is 9.91. The van der Waals surface area contributed by atoms with E-state index in [2.05, 4.69) is 4.98 Å². The maximum absolute atomic E-state index is 11.2. The van der Waals surface area contributed by atoms with E-state index in [4.69, 9.17) is 9.52 Å². The lowest BCUT2D eigenvalue weighted by atomic mass is 10.2. The summed E-state index contributed by atoms with van der Waals surface area (Å²) in [6, 6.07) is 6.70. The van der Waals surface area contributed by atoms with E-state index in [0.717, 1.165) is 4.90 Å². The van der Waals surface area contributed by atoms with Crippen LogP contribution in [0.2, 0.25) is 0 Å². The Balaban J connectivity index is 2.38. The molecule has 2 aromatic rings. The van der Waals surface area contributed by atoms with Crippen LogP contribution in [-0.4, -0.2) is 33.9 Å². The van der Waals surface area contributed by atoms with E-state index >= 15 is 0 Å². The van der Waals surface area contributed by atoms with Gasteiger partial charge in [-0.1, -0.05) is 12.1 Å². The zero-order chi connectivity index (χ0) is 13.1. The topological polar surface area (TPSA) is 86.8 Å². The highest BCUT2D eigenvalue weighted by atomic mass is 16.4. The molecule has 1 heterocycles. The third-order valence-corrected chi connectivity index (χ3v) is 2.68. The smallest absolute Gasteiger partial charge is 0.415 e. The number of aliphatic hydroxyl groups excluding tert-OH is 1. The molecule has 0 bridgehead atoms. The van der Waals surface area contributed by atoms with Gasteiger partial charge >= 0.3 is 12.1 Å². The fraction of sp³-hybridized carbons (Fsp3) is 0.333. The predicted octanol–water partition coefficient (Wildman–Crippen LogP) is 2.08. The van der Waals surface area contributed by atoms with E-state index in [-0.39, 0.29) is 12.6 Å². The highest BCUT2D eigenvalue weighted by Crippen LogP contribution is 2.23. The lowest BCUT2D eigenvalue weighted by molar-refractivity contribution is 0.195.